The van der Waals surface area contributed by atoms with E-state index in [1.807, 2.05) is 19.1 Å². The van der Waals surface area contributed by atoms with Crippen LogP contribution in [0.15, 0.2) is 42.5 Å². The van der Waals surface area contributed by atoms with Crippen molar-refractivity contribution in [2.45, 2.75) is 19.4 Å². The van der Waals surface area contributed by atoms with Crippen molar-refractivity contribution in [2.75, 3.05) is 5.32 Å². The Hall–Kier alpha value is -1.74. The van der Waals surface area contributed by atoms with E-state index in [1.54, 1.807) is 18.2 Å². The van der Waals surface area contributed by atoms with E-state index in [0.29, 0.717) is 17.1 Å². The lowest BCUT2D eigenvalue weighted by Crippen LogP contribution is -2.11. The van der Waals surface area contributed by atoms with Gasteiger partial charge in [0.05, 0.1) is 11.7 Å². The van der Waals surface area contributed by atoms with E-state index in [9.17, 15) is 9.50 Å². The summed E-state index contributed by atoms with van der Waals surface area (Å²) in [6.07, 6.45) is 0.712. The van der Waals surface area contributed by atoms with Crippen molar-refractivity contribution in [1.82, 2.24) is 0 Å². The summed E-state index contributed by atoms with van der Waals surface area (Å²) in [5.74, 6) is -0.164. The van der Waals surface area contributed by atoms with Crippen LogP contribution < -0.4 is 5.32 Å². The van der Waals surface area contributed by atoms with Crippen molar-refractivity contribution >= 4 is 17.3 Å². The van der Waals surface area contributed by atoms with Gasteiger partial charge in [-0.2, -0.15) is 0 Å². The van der Waals surface area contributed by atoms with E-state index in [1.165, 1.54) is 12.1 Å². The first-order valence-electron chi connectivity index (χ1n) is 6.11. The van der Waals surface area contributed by atoms with Crippen LogP contribution in [-0.4, -0.2) is 5.11 Å². The Balaban J connectivity index is 2.29. The molecule has 0 aliphatic heterocycles. The lowest BCUT2D eigenvalue weighted by atomic mass is 10.0. The smallest absolute Gasteiger partial charge is 0.146 e. The molecule has 0 fully saturated rings. The van der Waals surface area contributed by atoms with Crippen LogP contribution in [0.5, 0.6) is 5.75 Å². The Bertz CT molecular complexity index is 574. The quantitative estimate of drug-likeness (QED) is 0.846. The Morgan fingerprint density at radius 3 is 2.68 bits per heavy atom. The predicted molar refractivity (Wildman–Crippen MR) is 76.2 cm³/mol. The second-order valence-corrected chi connectivity index (χ2v) is 4.72. The highest BCUT2D eigenvalue weighted by molar-refractivity contribution is 6.30. The minimum absolute atomic E-state index is 0.172. The summed E-state index contributed by atoms with van der Waals surface area (Å²) in [7, 11) is 0. The molecule has 0 radical (unpaired) electrons. The number of hydrogen-bond donors (Lipinski definition) is 2. The molecule has 0 saturated carbocycles. The molecule has 0 bridgehead atoms. The van der Waals surface area contributed by atoms with E-state index in [-0.39, 0.29) is 17.6 Å². The zero-order valence-electron chi connectivity index (χ0n) is 10.5. The molecular weight excluding hydrogens is 265 g/mol. The van der Waals surface area contributed by atoms with E-state index >= 15 is 0 Å². The van der Waals surface area contributed by atoms with Gasteiger partial charge >= 0.3 is 0 Å². The zero-order chi connectivity index (χ0) is 13.8. The first-order chi connectivity index (χ1) is 9.11. The molecular formula is C15H15ClFNO. The Morgan fingerprint density at radius 2 is 2.00 bits per heavy atom. The number of benzene rings is 2. The fraction of sp³-hybridized carbons (Fsp3) is 0.200. The largest absolute Gasteiger partial charge is 0.508 e. The van der Waals surface area contributed by atoms with Gasteiger partial charge in [-0.3, -0.25) is 0 Å². The molecule has 2 aromatic rings. The molecule has 0 heterocycles. The number of para-hydroxylation sites is 1. The van der Waals surface area contributed by atoms with Crippen LogP contribution in [0.2, 0.25) is 5.02 Å². The molecule has 0 aliphatic rings. The van der Waals surface area contributed by atoms with Crippen molar-refractivity contribution < 1.29 is 9.50 Å². The third kappa shape index (κ3) is 3.18. The third-order valence-electron chi connectivity index (χ3n) is 2.98. The third-order valence-corrected chi connectivity index (χ3v) is 3.21. The van der Waals surface area contributed by atoms with Crippen molar-refractivity contribution in [3.05, 3.63) is 58.9 Å². The fourth-order valence-electron chi connectivity index (χ4n) is 1.98. The van der Waals surface area contributed by atoms with Crippen molar-refractivity contribution in [3.8, 4) is 5.75 Å². The molecule has 2 aromatic carbocycles. The molecule has 0 saturated heterocycles. The average Bonchev–Trinajstić information content (AvgIpc) is 2.41. The van der Waals surface area contributed by atoms with Gasteiger partial charge in [0.1, 0.15) is 11.6 Å². The van der Waals surface area contributed by atoms with Gasteiger partial charge in [-0.25, -0.2) is 4.39 Å². The maximum atomic E-state index is 13.7. The van der Waals surface area contributed by atoms with E-state index in [0.717, 1.165) is 5.56 Å². The summed E-state index contributed by atoms with van der Waals surface area (Å²) in [4.78, 5) is 0. The lowest BCUT2D eigenvalue weighted by molar-refractivity contribution is 0.462. The first-order valence-corrected chi connectivity index (χ1v) is 6.49. The minimum Gasteiger partial charge on any atom is -0.508 e. The van der Waals surface area contributed by atoms with E-state index in [4.69, 9.17) is 11.6 Å². The van der Waals surface area contributed by atoms with Gasteiger partial charge < -0.3 is 10.4 Å². The summed E-state index contributed by atoms with van der Waals surface area (Å²) in [6, 6.07) is 11.2. The predicted octanol–water partition coefficient (Wildman–Crippen LogP) is 4.75. The molecule has 2 rings (SSSR count). The van der Waals surface area contributed by atoms with Gasteiger partial charge in [0.25, 0.3) is 0 Å². The summed E-state index contributed by atoms with van der Waals surface area (Å²) in [6.45, 7) is 1.96. The Morgan fingerprint density at radius 1 is 1.26 bits per heavy atom. The Labute approximate surface area is 116 Å². The maximum Gasteiger partial charge on any atom is 0.146 e. The monoisotopic (exact) mass is 279 g/mol. The SMILES string of the molecule is CCC(Nc1cc(Cl)ccc1F)c1ccccc1O. The van der Waals surface area contributed by atoms with E-state index in [2.05, 4.69) is 5.32 Å². The number of phenols is 1. The van der Waals surface area contributed by atoms with Gasteiger partial charge in [-0.15, -0.1) is 0 Å². The number of hydrogen-bond acceptors (Lipinski definition) is 2. The van der Waals surface area contributed by atoms with Crippen LogP contribution in [0.4, 0.5) is 10.1 Å². The normalized spacial score (nSPS) is 12.2. The molecule has 0 spiro atoms. The molecule has 2 N–H and O–H groups in total. The number of anilines is 1. The maximum absolute atomic E-state index is 13.7. The topological polar surface area (TPSA) is 32.3 Å². The molecule has 0 amide bonds. The fourth-order valence-corrected chi connectivity index (χ4v) is 2.15. The lowest BCUT2D eigenvalue weighted by Gasteiger charge is -2.20. The second kappa shape index (κ2) is 5.93. The van der Waals surface area contributed by atoms with Crippen LogP contribution in [0.1, 0.15) is 24.9 Å². The van der Waals surface area contributed by atoms with Gasteiger partial charge in [0.2, 0.25) is 0 Å². The van der Waals surface area contributed by atoms with Crippen LogP contribution in [0.25, 0.3) is 0 Å². The number of aromatic hydroxyl groups is 1. The van der Waals surface area contributed by atoms with Gasteiger partial charge in [0.15, 0.2) is 0 Å². The highest BCUT2D eigenvalue weighted by Crippen LogP contribution is 2.30. The van der Waals surface area contributed by atoms with Crippen LogP contribution >= 0.6 is 11.6 Å². The molecule has 0 aliphatic carbocycles. The molecule has 19 heavy (non-hydrogen) atoms. The van der Waals surface area contributed by atoms with Crippen LogP contribution in [0, 0.1) is 5.82 Å². The molecule has 100 valence electrons. The van der Waals surface area contributed by atoms with Crippen molar-refractivity contribution in [3.63, 3.8) is 0 Å². The summed E-state index contributed by atoms with van der Waals surface area (Å²) in [5, 5.41) is 13.4. The number of phenolic OH excluding ortho intramolecular Hbond substituents is 1. The number of halogens is 2. The van der Waals surface area contributed by atoms with E-state index < -0.39 is 0 Å². The van der Waals surface area contributed by atoms with Crippen molar-refractivity contribution in [1.29, 1.82) is 0 Å². The molecule has 4 heteroatoms. The van der Waals surface area contributed by atoms with Gasteiger partial charge in [-0.1, -0.05) is 36.7 Å². The van der Waals surface area contributed by atoms with Crippen LogP contribution in [-0.2, 0) is 0 Å². The molecule has 0 aromatic heterocycles. The highest BCUT2D eigenvalue weighted by atomic mass is 35.5. The summed E-state index contributed by atoms with van der Waals surface area (Å²) in [5.41, 5.74) is 1.08. The first kappa shape index (κ1) is 13.7. The highest BCUT2D eigenvalue weighted by Gasteiger charge is 2.14. The minimum atomic E-state index is -0.363. The molecule has 2 nitrogen and oxygen atoms in total. The number of nitrogens with one attached hydrogen (secondary N) is 1. The summed E-state index contributed by atoms with van der Waals surface area (Å²) >= 11 is 5.86. The Kier molecular flexibility index (Phi) is 4.27. The average molecular weight is 280 g/mol. The van der Waals surface area contributed by atoms with Crippen LogP contribution in [0.3, 0.4) is 0 Å². The second-order valence-electron chi connectivity index (χ2n) is 4.29. The molecule has 1 unspecified atom stereocenters. The van der Waals surface area contributed by atoms with Crippen molar-refractivity contribution in [2.24, 2.45) is 0 Å². The van der Waals surface area contributed by atoms with Gasteiger partial charge in [-0.05, 0) is 30.7 Å². The molecule has 1 atom stereocenters. The van der Waals surface area contributed by atoms with Gasteiger partial charge in [0, 0.05) is 10.6 Å². The number of rotatable bonds is 4. The summed E-state index contributed by atoms with van der Waals surface area (Å²) < 4.78 is 13.7. The zero-order valence-corrected chi connectivity index (χ0v) is 11.3. The standard InChI is InChI=1S/C15H15ClFNO/c1-2-13(11-5-3-4-6-15(11)19)18-14-9-10(16)7-8-12(14)17/h3-9,13,18-19H,2H2,1H3.